The second kappa shape index (κ2) is 6.29. The van der Waals surface area contributed by atoms with Crippen LogP contribution in [0.5, 0.6) is 0 Å². The van der Waals surface area contributed by atoms with Crippen LogP contribution in [0.15, 0.2) is 23.1 Å². The van der Waals surface area contributed by atoms with E-state index >= 15 is 0 Å². The number of hydrogen-bond acceptors (Lipinski definition) is 5. The number of benzene rings is 1. The Morgan fingerprint density at radius 2 is 2.00 bits per heavy atom. The minimum atomic E-state index is -3.92. The van der Waals surface area contributed by atoms with Crippen LogP contribution < -0.4 is 4.72 Å². The van der Waals surface area contributed by atoms with Gasteiger partial charge in [0.15, 0.2) is 0 Å². The Kier molecular flexibility index (Phi) is 5.21. The number of aliphatic hydroxyl groups is 1. The van der Waals surface area contributed by atoms with Crippen LogP contribution in [-0.4, -0.2) is 31.1 Å². The lowest BCUT2D eigenvalue weighted by atomic mass is 10.1. The molecule has 1 atom stereocenters. The molecular formula is C12H18N2O5S. The highest BCUT2D eigenvalue weighted by Crippen LogP contribution is 2.22. The first-order valence-electron chi connectivity index (χ1n) is 6.07. The molecule has 1 unspecified atom stereocenters. The lowest BCUT2D eigenvalue weighted by Gasteiger charge is -2.20. The zero-order chi connectivity index (χ0) is 15.5. The van der Waals surface area contributed by atoms with Crippen LogP contribution >= 0.6 is 0 Å². The summed E-state index contributed by atoms with van der Waals surface area (Å²) in [6, 6.07) is 3.02. The summed E-state index contributed by atoms with van der Waals surface area (Å²) in [5.41, 5.74) is 0.115. The molecule has 0 aromatic heterocycles. The van der Waals surface area contributed by atoms with E-state index in [9.17, 15) is 23.6 Å². The molecular weight excluding hydrogens is 284 g/mol. The summed E-state index contributed by atoms with van der Waals surface area (Å²) in [5, 5.41) is 19.9. The van der Waals surface area contributed by atoms with Gasteiger partial charge in [-0.2, -0.15) is 0 Å². The first kappa shape index (κ1) is 16.5. The van der Waals surface area contributed by atoms with Gasteiger partial charge in [0.2, 0.25) is 10.0 Å². The number of aryl methyl sites for hydroxylation is 1. The monoisotopic (exact) mass is 302 g/mol. The largest absolute Gasteiger partial charge is 0.395 e. The molecule has 112 valence electrons. The average Bonchev–Trinajstić information content (AvgIpc) is 2.35. The second-order valence-corrected chi connectivity index (χ2v) is 6.54. The third kappa shape index (κ3) is 3.75. The molecule has 0 aliphatic rings. The van der Waals surface area contributed by atoms with E-state index in [0.29, 0.717) is 5.56 Å². The maximum absolute atomic E-state index is 12.3. The fraction of sp³-hybridized carbons (Fsp3) is 0.500. The molecule has 7 nitrogen and oxygen atoms in total. The van der Waals surface area contributed by atoms with E-state index in [1.165, 1.54) is 12.1 Å². The van der Waals surface area contributed by atoms with E-state index in [4.69, 9.17) is 0 Å². The fourth-order valence-electron chi connectivity index (χ4n) is 1.64. The molecule has 8 heteroatoms. The van der Waals surface area contributed by atoms with Gasteiger partial charge in [-0.05, 0) is 18.4 Å². The predicted molar refractivity (Wildman–Crippen MR) is 73.9 cm³/mol. The molecule has 1 rings (SSSR count). The Morgan fingerprint density at radius 1 is 1.40 bits per heavy atom. The molecule has 20 heavy (non-hydrogen) atoms. The van der Waals surface area contributed by atoms with Crippen molar-refractivity contribution in [3.05, 3.63) is 33.9 Å². The van der Waals surface area contributed by atoms with Crippen LogP contribution in [-0.2, 0) is 10.0 Å². The molecule has 0 saturated carbocycles. The van der Waals surface area contributed by atoms with Crippen molar-refractivity contribution in [2.75, 3.05) is 6.61 Å². The summed E-state index contributed by atoms with van der Waals surface area (Å²) in [7, 11) is -3.92. The topological polar surface area (TPSA) is 110 Å². The first-order chi connectivity index (χ1) is 9.19. The summed E-state index contributed by atoms with van der Waals surface area (Å²) in [4.78, 5) is 9.93. The number of nitrogens with one attached hydrogen (secondary N) is 1. The quantitative estimate of drug-likeness (QED) is 0.606. The Balaban J connectivity index is 3.21. The van der Waals surface area contributed by atoms with Gasteiger partial charge in [-0.25, -0.2) is 13.1 Å². The lowest BCUT2D eigenvalue weighted by molar-refractivity contribution is -0.385. The smallest absolute Gasteiger partial charge is 0.270 e. The second-order valence-electron chi connectivity index (χ2n) is 4.86. The molecule has 2 N–H and O–H groups in total. The van der Waals surface area contributed by atoms with Crippen LogP contribution in [0.3, 0.4) is 0 Å². The van der Waals surface area contributed by atoms with Crippen LogP contribution in [0.1, 0.15) is 19.4 Å². The third-order valence-corrected chi connectivity index (χ3v) is 4.61. The zero-order valence-electron chi connectivity index (χ0n) is 11.5. The highest BCUT2D eigenvalue weighted by Gasteiger charge is 2.25. The lowest BCUT2D eigenvalue weighted by Crippen LogP contribution is -2.41. The van der Waals surface area contributed by atoms with Crippen molar-refractivity contribution in [1.29, 1.82) is 0 Å². The van der Waals surface area contributed by atoms with Gasteiger partial charge in [-0.1, -0.05) is 19.9 Å². The van der Waals surface area contributed by atoms with Crippen LogP contribution in [0.2, 0.25) is 0 Å². The first-order valence-corrected chi connectivity index (χ1v) is 7.55. The molecule has 0 radical (unpaired) electrons. The average molecular weight is 302 g/mol. The summed E-state index contributed by atoms with van der Waals surface area (Å²) >= 11 is 0. The Hall–Kier alpha value is -1.51. The third-order valence-electron chi connectivity index (χ3n) is 2.98. The van der Waals surface area contributed by atoms with Gasteiger partial charge in [0.1, 0.15) is 0 Å². The zero-order valence-corrected chi connectivity index (χ0v) is 12.3. The number of nitrogens with zero attached hydrogens (tertiary/aromatic N) is 1. The number of rotatable bonds is 6. The molecule has 1 aromatic carbocycles. The van der Waals surface area contributed by atoms with Gasteiger partial charge in [0, 0.05) is 18.2 Å². The maximum Gasteiger partial charge on any atom is 0.270 e. The summed E-state index contributed by atoms with van der Waals surface area (Å²) in [6.07, 6.45) is 0. The van der Waals surface area contributed by atoms with E-state index < -0.39 is 21.0 Å². The van der Waals surface area contributed by atoms with Crippen molar-refractivity contribution in [3.63, 3.8) is 0 Å². The molecule has 0 bridgehead atoms. The SMILES string of the molecule is Cc1ccc([N+](=O)[O-])cc1S(=O)(=O)NC(CO)C(C)C. The van der Waals surface area contributed by atoms with Crippen LogP contribution in [0, 0.1) is 23.0 Å². The van der Waals surface area contributed by atoms with E-state index in [-0.39, 0.29) is 23.1 Å². The Bertz CT molecular complexity index is 598. The Morgan fingerprint density at radius 3 is 2.45 bits per heavy atom. The highest BCUT2D eigenvalue weighted by atomic mass is 32.2. The van der Waals surface area contributed by atoms with Gasteiger partial charge in [-0.15, -0.1) is 0 Å². The number of nitro benzene ring substituents is 1. The minimum Gasteiger partial charge on any atom is -0.395 e. The molecule has 0 fully saturated rings. The summed E-state index contributed by atoms with van der Waals surface area (Å²) in [6.45, 7) is 4.75. The standard InChI is InChI=1S/C12H18N2O5S/c1-8(2)11(7-15)13-20(18,19)12-6-10(14(16)17)5-4-9(12)3/h4-6,8,11,13,15H,7H2,1-3H3. The van der Waals surface area contributed by atoms with Crippen LogP contribution in [0.4, 0.5) is 5.69 Å². The van der Waals surface area contributed by atoms with Crippen molar-refractivity contribution in [1.82, 2.24) is 4.72 Å². The van der Waals surface area contributed by atoms with Gasteiger partial charge < -0.3 is 5.11 Å². The minimum absolute atomic E-state index is 0.103. The fourth-order valence-corrected chi connectivity index (χ4v) is 3.28. The Labute approximate surface area is 117 Å². The number of sulfonamides is 1. The van der Waals surface area contributed by atoms with E-state index in [0.717, 1.165) is 6.07 Å². The van der Waals surface area contributed by atoms with Gasteiger partial charge in [-0.3, -0.25) is 10.1 Å². The number of aliphatic hydroxyl groups excluding tert-OH is 1. The molecule has 0 heterocycles. The van der Waals surface area contributed by atoms with E-state index in [1.807, 2.05) is 0 Å². The van der Waals surface area contributed by atoms with Crippen LogP contribution in [0.25, 0.3) is 0 Å². The molecule has 0 aliphatic carbocycles. The number of non-ortho nitro benzene ring substituents is 1. The predicted octanol–water partition coefficient (Wildman–Crippen LogP) is 1.20. The number of hydrogen-bond donors (Lipinski definition) is 2. The highest BCUT2D eigenvalue weighted by molar-refractivity contribution is 7.89. The molecule has 0 saturated heterocycles. The van der Waals surface area contributed by atoms with Crippen molar-refractivity contribution in [3.8, 4) is 0 Å². The molecule has 0 amide bonds. The van der Waals surface area contributed by atoms with Crippen molar-refractivity contribution >= 4 is 15.7 Å². The van der Waals surface area contributed by atoms with E-state index in [2.05, 4.69) is 4.72 Å². The van der Waals surface area contributed by atoms with Crippen molar-refractivity contribution in [2.45, 2.75) is 31.7 Å². The normalized spacial score (nSPS) is 13.4. The van der Waals surface area contributed by atoms with Crippen molar-refractivity contribution in [2.24, 2.45) is 5.92 Å². The van der Waals surface area contributed by atoms with Gasteiger partial charge in [0.05, 0.1) is 16.4 Å². The van der Waals surface area contributed by atoms with E-state index in [1.54, 1.807) is 20.8 Å². The van der Waals surface area contributed by atoms with Gasteiger partial charge >= 0.3 is 0 Å². The number of nitro groups is 1. The summed E-state index contributed by atoms with van der Waals surface area (Å²) < 4.78 is 26.9. The molecule has 1 aromatic rings. The van der Waals surface area contributed by atoms with Gasteiger partial charge in [0.25, 0.3) is 5.69 Å². The molecule has 0 spiro atoms. The van der Waals surface area contributed by atoms with Crippen molar-refractivity contribution < 1.29 is 18.4 Å². The maximum atomic E-state index is 12.3. The molecule has 0 aliphatic heterocycles. The summed E-state index contributed by atoms with van der Waals surface area (Å²) in [5.74, 6) is -0.103.